The zero-order valence-electron chi connectivity index (χ0n) is 11.2. The van der Waals surface area contributed by atoms with Gasteiger partial charge in [0.2, 0.25) is 0 Å². The van der Waals surface area contributed by atoms with Gasteiger partial charge in [0.05, 0.1) is 38.0 Å². The van der Waals surface area contributed by atoms with Gasteiger partial charge in [-0.25, -0.2) is 4.79 Å². The van der Waals surface area contributed by atoms with E-state index in [1.165, 1.54) is 0 Å². The molecule has 6 heteroatoms. The number of morpholine rings is 1. The maximum atomic E-state index is 12.0. The number of methoxy groups -OCH3 is 1. The summed E-state index contributed by atoms with van der Waals surface area (Å²) in [4.78, 5) is 25.5. The molecule has 0 radical (unpaired) electrons. The molecule has 0 amide bonds. The molecule has 0 spiro atoms. The molecule has 0 unspecified atom stereocenters. The molecule has 2 heterocycles. The van der Waals surface area contributed by atoms with Crippen LogP contribution in [0.2, 0.25) is 0 Å². The van der Waals surface area contributed by atoms with Crippen LogP contribution in [0.3, 0.4) is 0 Å². The van der Waals surface area contributed by atoms with Gasteiger partial charge in [-0.05, 0) is 11.6 Å². The molecule has 3 rings (SSSR count). The Morgan fingerprint density at radius 3 is 2.65 bits per heavy atom. The molecule has 0 bridgehead atoms. The fraction of sp³-hybridized carbons (Fsp3) is 0.429. The number of carbonyl (C=O) groups is 2. The summed E-state index contributed by atoms with van der Waals surface area (Å²) in [5.41, 5.74) is 1.87. The van der Waals surface area contributed by atoms with Crippen LogP contribution in [-0.4, -0.2) is 45.4 Å². The third kappa shape index (κ3) is 2.22. The van der Waals surface area contributed by atoms with Crippen LogP contribution in [-0.2, 0) is 20.7 Å². The number of cyclic esters (lactones) is 2. The van der Waals surface area contributed by atoms with Crippen LogP contribution in [0.15, 0.2) is 12.1 Å². The van der Waals surface area contributed by atoms with Crippen molar-refractivity contribution in [2.24, 2.45) is 0 Å². The Morgan fingerprint density at radius 1 is 1.20 bits per heavy atom. The molecule has 1 fully saturated rings. The summed E-state index contributed by atoms with van der Waals surface area (Å²) < 4.78 is 15.3. The summed E-state index contributed by atoms with van der Waals surface area (Å²) in [6.07, 6.45) is 0.0929. The SMILES string of the molecule is COc1cc2c(c(N3CCOCC3)c1)C(=O)OC(=O)C2. The molecular weight excluding hydrogens is 262 g/mol. The number of carbonyl (C=O) groups excluding carboxylic acids is 2. The largest absolute Gasteiger partial charge is 0.497 e. The third-order valence-corrected chi connectivity index (χ3v) is 3.51. The number of fused-ring (bicyclic) bond motifs is 1. The van der Waals surface area contributed by atoms with Crippen LogP contribution >= 0.6 is 0 Å². The van der Waals surface area contributed by atoms with Gasteiger partial charge in [-0.1, -0.05) is 0 Å². The van der Waals surface area contributed by atoms with Crippen LogP contribution in [0.4, 0.5) is 5.69 Å². The standard InChI is InChI=1S/C14H15NO5/c1-18-10-6-9-7-12(16)20-14(17)13(9)11(8-10)15-2-4-19-5-3-15/h6,8H,2-5,7H2,1H3. The lowest BCUT2D eigenvalue weighted by Crippen LogP contribution is -2.38. The van der Waals surface area contributed by atoms with Crippen LogP contribution in [0, 0.1) is 0 Å². The number of hydrogen-bond acceptors (Lipinski definition) is 6. The van der Waals surface area contributed by atoms with E-state index < -0.39 is 11.9 Å². The zero-order chi connectivity index (χ0) is 14.1. The number of esters is 2. The van der Waals surface area contributed by atoms with Gasteiger partial charge in [-0.3, -0.25) is 4.79 Å². The lowest BCUT2D eigenvalue weighted by atomic mass is 9.99. The molecule has 0 aromatic heterocycles. The quantitative estimate of drug-likeness (QED) is 0.587. The first kappa shape index (κ1) is 12.9. The molecule has 1 aromatic carbocycles. The zero-order valence-corrected chi connectivity index (χ0v) is 11.2. The molecule has 1 saturated heterocycles. The minimum Gasteiger partial charge on any atom is -0.497 e. The lowest BCUT2D eigenvalue weighted by molar-refractivity contribution is -0.137. The van der Waals surface area contributed by atoms with Gasteiger partial charge < -0.3 is 19.1 Å². The summed E-state index contributed by atoms with van der Waals surface area (Å²) in [7, 11) is 1.56. The van der Waals surface area contributed by atoms with E-state index in [4.69, 9.17) is 14.2 Å². The van der Waals surface area contributed by atoms with Crippen LogP contribution in [0.5, 0.6) is 5.75 Å². The first-order chi connectivity index (χ1) is 9.69. The van der Waals surface area contributed by atoms with E-state index in [1.807, 2.05) is 0 Å². The molecular formula is C14H15NO5. The molecule has 0 atom stereocenters. The second-order valence-electron chi connectivity index (χ2n) is 4.72. The van der Waals surface area contributed by atoms with Gasteiger partial charge >= 0.3 is 11.9 Å². The van der Waals surface area contributed by atoms with E-state index >= 15 is 0 Å². The highest BCUT2D eigenvalue weighted by Crippen LogP contribution is 2.33. The second-order valence-corrected chi connectivity index (χ2v) is 4.72. The Morgan fingerprint density at radius 2 is 1.95 bits per heavy atom. The predicted octanol–water partition coefficient (Wildman–Crippen LogP) is 0.771. The Hall–Kier alpha value is -2.08. The van der Waals surface area contributed by atoms with E-state index in [0.717, 1.165) is 5.69 Å². The maximum absolute atomic E-state index is 12.0. The van der Waals surface area contributed by atoms with E-state index in [9.17, 15) is 9.59 Å². The Balaban J connectivity index is 2.09. The van der Waals surface area contributed by atoms with Crippen molar-refractivity contribution < 1.29 is 23.8 Å². The first-order valence-corrected chi connectivity index (χ1v) is 6.47. The summed E-state index contributed by atoms with van der Waals surface area (Å²) in [6, 6.07) is 3.53. The molecule has 0 aliphatic carbocycles. The topological polar surface area (TPSA) is 65.1 Å². The van der Waals surface area contributed by atoms with Gasteiger partial charge in [0, 0.05) is 19.2 Å². The van der Waals surface area contributed by atoms with Gasteiger partial charge in [-0.2, -0.15) is 0 Å². The van der Waals surface area contributed by atoms with E-state index in [2.05, 4.69) is 4.90 Å². The number of ether oxygens (including phenoxy) is 3. The first-order valence-electron chi connectivity index (χ1n) is 6.47. The molecule has 0 saturated carbocycles. The number of hydrogen-bond donors (Lipinski definition) is 0. The fourth-order valence-electron chi connectivity index (χ4n) is 2.55. The summed E-state index contributed by atoms with van der Waals surface area (Å²) in [5.74, 6) is -0.475. The average molecular weight is 277 g/mol. The highest BCUT2D eigenvalue weighted by Gasteiger charge is 2.30. The van der Waals surface area contributed by atoms with Crippen molar-refractivity contribution in [2.75, 3.05) is 38.3 Å². The molecule has 2 aliphatic rings. The average Bonchev–Trinajstić information content (AvgIpc) is 2.46. The maximum Gasteiger partial charge on any atom is 0.348 e. The van der Waals surface area contributed by atoms with Crippen molar-refractivity contribution in [3.63, 3.8) is 0 Å². The minimum absolute atomic E-state index is 0.0929. The number of rotatable bonds is 2. The highest BCUT2D eigenvalue weighted by atomic mass is 16.6. The minimum atomic E-state index is -0.583. The molecule has 0 N–H and O–H groups in total. The number of anilines is 1. The summed E-state index contributed by atoms with van der Waals surface area (Å²) in [6.45, 7) is 2.61. The van der Waals surface area contributed by atoms with Crippen LogP contribution < -0.4 is 9.64 Å². The van der Waals surface area contributed by atoms with Crippen molar-refractivity contribution in [1.29, 1.82) is 0 Å². The Kier molecular flexibility index (Phi) is 3.31. The monoisotopic (exact) mass is 277 g/mol. The van der Waals surface area contributed by atoms with E-state index in [1.54, 1.807) is 19.2 Å². The van der Waals surface area contributed by atoms with Crippen LogP contribution in [0.1, 0.15) is 15.9 Å². The number of benzene rings is 1. The van der Waals surface area contributed by atoms with Crippen molar-refractivity contribution in [3.05, 3.63) is 23.3 Å². The van der Waals surface area contributed by atoms with Gasteiger partial charge in [0.25, 0.3) is 0 Å². The normalized spacial score (nSPS) is 18.6. The third-order valence-electron chi connectivity index (χ3n) is 3.51. The predicted molar refractivity (Wildman–Crippen MR) is 70.2 cm³/mol. The number of nitrogens with zero attached hydrogens (tertiary/aromatic N) is 1. The summed E-state index contributed by atoms with van der Waals surface area (Å²) in [5, 5.41) is 0. The smallest absolute Gasteiger partial charge is 0.348 e. The van der Waals surface area contributed by atoms with Crippen molar-refractivity contribution >= 4 is 17.6 Å². The lowest BCUT2D eigenvalue weighted by Gasteiger charge is -2.31. The van der Waals surface area contributed by atoms with Crippen molar-refractivity contribution in [1.82, 2.24) is 0 Å². The fourth-order valence-corrected chi connectivity index (χ4v) is 2.55. The Bertz CT molecular complexity index is 563. The molecule has 2 aliphatic heterocycles. The Labute approximate surface area is 116 Å². The van der Waals surface area contributed by atoms with Crippen molar-refractivity contribution in [2.45, 2.75) is 6.42 Å². The van der Waals surface area contributed by atoms with Crippen molar-refractivity contribution in [3.8, 4) is 5.75 Å². The van der Waals surface area contributed by atoms with E-state index in [0.29, 0.717) is 43.2 Å². The molecule has 1 aromatic rings. The van der Waals surface area contributed by atoms with Gasteiger partial charge in [-0.15, -0.1) is 0 Å². The molecule has 106 valence electrons. The molecule has 20 heavy (non-hydrogen) atoms. The highest BCUT2D eigenvalue weighted by molar-refractivity contribution is 6.06. The summed E-state index contributed by atoms with van der Waals surface area (Å²) >= 11 is 0. The van der Waals surface area contributed by atoms with Gasteiger partial charge in [0.15, 0.2) is 0 Å². The second kappa shape index (κ2) is 5.13. The van der Waals surface area contributed by atoms with Gasteiger partial charge in [0.1, 0.15) is 5.75 Å². The van der Waals surface area contributed by atoms with E-state index in [-0.39, 0.29) is 6.42 Å². The van der Waals surface area contributed by atoms with Crippen LogP contribution in [0.25, 0.3) is 0 Å². The molecule has 6 nitrogen and oxygen atoms in total.